The molecule has 1 aromatic heterocycles. The fourth-order valence-corrected chi connectivity index (χ4v) is 10.5. The molecule has 0 unspecified atom stereocenters. The Morgan fingerprint density at radius 2 is 0.642 bits per heavy atom. The molecule has 312 valence electrons. The highest BCUT2D eigenvalue weighted by Gasteiger charge is 2.21. The van der Waals surface area contributed by atoms with Gasteiger partial charge in [0.2, 0.25) is 0 Å². The van der Waals surface area contributed by atoms with Gasteiger partial charge in [-0.3, -0.25) is 0 Å². The van der Waals surface area contributed by atoms with Gasteiger partial charge in [0.1, 0.15) is 11.2 Å². The van der Waals surface area contributed by atoms with Gasteiger partial charge in [-0.15, -0.1) is 0 Å². The second-order valence-electron chi connectivity index (χ2n) is 17.6. The number of hydrogen-bond acceptors (Lipinski definition) is 1. The number of furan rings is 1. The Kier molecular flexibility index (Phi) is 9.25. The predicted octanol–water partition coefficient (Wildman–Crippen LogP) is 18.7. The van der Waals surface area contributed by atoms with Crippen LogP contribution in [-0.2, 0) is 0 Å². The van der Waals surface area contributed by atoms with Crippen molar-refractivity contribution in [2.24, 2.45) is 0 Å². The Balaban J connectivity index is 1.02. The fraction of sp³-hybridized carbons (Fsp3) is 0. The van der Waals surface area contributed by atoms with Crippen molar-refractivity contribution in [3.8, 4) is 77.9 Å². The standard InChI is InChI=1S/C66H42O/c1-3-18-44(19-4-1)59-41-53(42-60(64(59)45-20-5-2-6-21-45)50-25-15-23-47(37-50)49-35-36-63-61(40-49)54-27-13-14-32-62(54)67-63)48-24-16-26-51(39-48)65-55-28-9-11-30-57(55)66(58-31-12-10-29-56(58)65)52-34-33-43-17-7-8-22-46(43)38-52/h1-42H. The molecule has 0 aliphatic rings. The second-order valence-corrected chi connectivity index (χ2v) is 17.6. The topological polar surface area (TPSA) is 13.1 Å². The molecule has 0 fully saturated rings. The molecule has 0 saturated carbocycles. The minimum atomic E-state index is 0.900. The second kappa shape index (κ2) is 16.0. The highest BCUT2D eigenvalue weighted by Crippen LogP contribution is 2.47. The number of para-hydroxylation sites is 1. The van der Waals surface area contributed by atoms with E-state index in [-0.39, 0.29) is 0 Å². The maximum atomic E-state index is 6.23. The highest BCUT2D eigenvalue weighted by molar-refractivity contribution is 6.22. The Labute approximate surface area is 389 Å². The smallest absolute Gasteiger partial charge is 0.135 e. The predicted molar refractivity (Wildman–Crippen MR) is 284 cm³/mol. The van der Waals surface area contributed by atoms with E-state index in [2.05, 4.69) is 243 Å². The van der Waals surface area contributed by atoms with Crippen molar-refractivity contribution >= 4 is 54.3 Å². The normalized spacial score (nSPS) is 11.6. The summed E-state index contributed by atoms with van der Waals surface area (Å²) in [5, 5.41) is 9.73. The quantitative estimate of drug-likeness (QED) is 0.146. The van der Waals surface area contributed by atoms with Gasteiger partial charge in [0.05, 0.1) is 0 Å². The summed E-state index contributed by atoms with van der Waals surface area (Å²) in [6.45, 7) is 0. The molecule has 1 heterocycles. The van der Waals surface area contributed by atoms with Gasteiger partial charge in [0.15, 0.2) is 0 Å². The van der Waals surface area contributed by atoms with Gasteiger partial charge in [-0.05, 0) is 159 Å². The van der Waals surface area contributed by atoms with Crippen LogP contribution < -0.4 is 0 Å². The number of fused-ring (bicyclic) bond motifs is 6. The average molecular weight is 851 g/mol. The Morgan fingerprint density at radius 3 is 1.33 bits per heavy atom. The molecule has 0 radical (unpaired) electrons. The Morgan fingerprint density at radius 1 is 0.194 bits per heavy atom. The van der Waals surface area contributed by atoms with Crippen LogP contribution in [-0.4, -0.2) is 0 Å². The molecule has 0 aliphatic carbocycles. The first-order valence-electron chi connectivity index (χ1n) is 23.1. The molecule has 12 aromatic carbocycles. The van der Waals surface area contributed by atoms with Gasteiger partial charge in [-0.2, -0.15) is 0 Å². The lowest BCUT2D eigenvalue weighted by atomic mass is 9.83. The van der Waals surface area contributed by atoms with E-state index in [9.17, 15) is 0 Å². The minimum Gasteiger partial charge on any atom is -0.456 e. The lowest BCUT2D eigenvalue weighted by Gasteiger charge is -2.20. The van der Waals surface area contributed by atoms with Crippen LogP contribution >= 0.6 is 0 Å². The fourth-order valence-electron chi connectivity index (χ4n) is 10.5. The summed E-state index contributed by atoms with van der Waals surface area (Å²) in [6, 6.07) is 93.1. The molecule has 13 rings (SSSR count). The van der Waals surface area contributed by atoms with Gasteiger partial charge >= 0.3 is 0 Å². The van der Waals surface area contributed by atoms with Crippen molar-refractivity contribution in [1.82, 2.24) is 0 Å². The summed E-state index contributed by atoms with van der Waals surface area (Å²) in [5.41, 5.74) is 18.5. The Bertz CT molecular complexity index is 3970. The summed E-state index contributed by atoms with van der Waals surface area (Å²) in [7, 11) is 0. The first kappa shape index (κ1) is 38.7. The molecular formula is C66H42O. The van der Waals surface area contributed by atoms with Crippen LogP contribution in [0.5, 0.6) is 0 Å². The molecule has 1 nitrogen and oxygen atoms in total. The van der Waals surface area contributed by atoms with Crippen LogP contribution in [0.15, 0.2) is 259 Å². The van der Waals surface area contributed by atoms with E-state index in [4.69, 9.17) is 4.42 Å². The van der Waals surface area contributed by atoms with E-state index < -0.39 is 0 Å². The van der Waals surface area contributed by atoms with E-state index in [0.29, 0.717) is 0 Å². The molecule has 0 N–H and O–H groups in total. The van der Waals surface area contributed by atoms with E-state index in [1.165, 1.54) is 82.4 Å². The average Bonchev–Trinajstić information content (AvgIpc) is 3.78. The third-order valence-corrected chi connectivity index (χ3v) is 13.6. The van der Waals surface area contributed by atoms with Gasteiger partial charge in [-0.1, -0.05) is 206 Å². The van der Waals surface area contributed by atoms with Gasteiger partial charge in [0, 0.05) is 10.8 Å². The zero-order valence-electron chi connectivity index (χ0n) is 36.7. The van der Waals surface area contributed by atoms with E-state index in [1.54, 1.807) is 0 Å². The molecule has 0 amide bonds. The maximum Gasteiger partial charge on any atom is 0.135 e. The minimum absolute atomic E-state index is 0.900. The van der Waals surface area contributed by atoms with Crippen LogP contribution in [0.4, 0.5) is 0 Å². The largest absolute Gasteiger partial charge is 0.456 e. The molecule has 0 spiro atoms. The summed E-state index contributed by atoms with van der Waals surface area (Å²) < 4.78 is 6.23. The van der Waals surface area contributed by atoms with Crippen LogP contribution in [0.2, 0.25) is 0 Å². The molecule has 13 aromatic rings. The summed E-state index contributed by atoms with van der Waals surface area (Å²) in [5.74, 6) is 0. The number of rotatable bonds is 7. The van der Waals surface area contributed by atoms with E-state index >= 15 is 0 Å². The molecular weight excluding hydrogens is 809 g/mol. The number of hydrogen-bond donors (Lipinski definition) is 0. The lowest BCUT2D eigenvalue weighted by molar-refractivity contribution is 0.669. The monoisotopic (exact) mass is 850 g/mol. The van der Waals surface area contributed by atoms with E-state index in [0.717, 1.165) is 49.8 Å². The highest BCUT2D eigenvalue weighted by atomic mass is 16.3. The first-order chi connectivity index (χ1) is 33.2. The first-order valence-corrected chi connectivity index (χ1v) is 23.1. The molecule has 0 atom stereocenters. The van der Waals surface area contributed by atoms with Crippen LogP contribution in [0.25, 0.3) is 132 Å². The summed E-state index contributed by atoms with van der Waals surface area (Å²) >= 11 is 0. The van der Waals surface area contributed by atoms with Crippen molar-refractivity contribution in [3.05, 3.63) is 255 Å². The van der Waals surface area contributed by atoms with Crippen LogP contribution in [0.1, 0.15) is 0 Å². The van der Waals surface area contributed by atoms with Crippen molar-refractivity contribution in [2.45, 2.75) is 0 Å². The third kappa shape index (κ3) is 6.71. The zero-order valence-corrected chi connectivity index (χ0v) is 36.7. The lowest BCUT2D eigenvalue weighted by Crippen LogP contribution is -1.94. The molecule has 1 heteroatoms. The van der Waals surface area contributed by atoms with Gasteiger partial charge in [0.25, 0.3) is 0 Å². The SMILES string of the molecule is c1ccc(-c2cc(-c3cccc(-c4c5ccccc5c(-c5ccc6ccccc6c5)c5ccccc45)c3)cc(-c3cccc(-c4ccc5oc6ccccc6c5c4)c3)c2-c2ccccc2)cc1. The number of benzene rings is 12. The van der Waals surface area contributed by atoms with Crippen molar-refractivity contribution in [1.29, 1.82) is 0 Å². The van der Waals surface area contributed by atoms with Gasteiger partial charge < -0.3 is 4.42 Å². The molecule has 0 bridgehead atoms. The van der Waals surface area contributed by atoms with Crippen molar-refractivity contribution < 1.29 is 4.42 Å². The molecule has 0 aliphatic heterocycles. The van der Waals surface area contributed by atoms with E-state index in [1.807, 2.05) is 12.1 Å². The van der Waals surface area contributed by atoms with Crippen molar-refractivity contribution in [3.63, 3.8) is 0 Å². The van der Waals surface area contributed by atoms with Crippen molar-refractivity contribution in [2.75, 3.05) is 0 Å². The third-order valence-electron chi connectivity index (χ3n) is 13.6. The Hall–Kier alpha value is -8.78. The molecule has 67 heavy (non-hydrogen) atoms. The maximum absolute atomic E-state index is 6.23. The van der Waals surface area contributed by atoms with Gasteiger partial charge in [-0.25, -0.2) is 0 Å². The zero-order chi connectivity index (χ0) is 44.3. The molecule has 0 saturated heterocycles. The van der Waals surface area contributed by atoms with Crippen LogP contribution in [0, 0.1) is 0 Å². The summed E-state index contributed by atoms with van der Waals surface area (Å²) in [4.78, 5) is 0. The van der Waals surface area contributed by atoms with Crippen LogP contribution in [0.3, 0.4) is 0 Å². The summed E-state index contributed by atoms with van der Waals surface area (Å²) in [6.07, 6.45) is 0.